The van der Waals surface area contributed by atoms with Gasteiger partial charge in [-0.2, -0.15) is 0 Å². The molecule has 0 aliphatic heterocycles. The fourth-order valence-corrected chi connectivity index (χ4v) is 2.61. The van der Waals surface area contributed by atoms with E-state index >= 15 is 0 Å². The second kappa shape index (κ2) is 8.26. The van der Waals surface area contributed by atoms with Crippen molar-refractivity contribution >= 4 is 23.0 Å². The average molecular weight is 349 g/mol. The molecule has 1 atom stereocenters. The molecule has 0 amide bonds. The molecule has 0 saturated carbocycles. The Kier molecular flexibility index (Phi) is 5.59. The molecule has 2 aromatic carbocycles. The number of anilines is 1. The van der Waals surface area contributed by atoms with Crippen molar-refractivity contribution in [2.75, 3.05) is 5.32 Å². The Bertz CT molecular complexity index is 807. The van der Waals surface area contributed by atoms with Gasteiger partial charge in [0.15, 0.2) is 5.11 Å². The van der Waals surface area contributed by atoms with Gasteiger partial charge in [0.25, 0.3) is 0 Å². The molecular formula is C20H19N3OS. The number of thiocarbonyl (C=S) groups is 1. The molecule has 0 saturated heterocycles. The summed E-state index contributed by atoms with van der Waals surface area (Å²) in [5, 5.41) is 6.95. The van der Waals surface area contributed by atoms with Crippen molar-refractivity contribution in [3.63, 3.8) is 0 Å². The number of hydrogen-bond donors (Lipinski definition) is 2. The Balaban J connectivity index is 1.55. The topological polar surface area (TPSA) is 46.2 Å². The number of rotatable bonds is 5. The number of pyridine rings is 1. The monoisotopic (exact) mass is 349 g/mol. The van der Waals surface area contributed by atoms with Crippen LogP contribution in [0.15, 0.2) is 79.0 Å². The van der Waals surface area contributed by atoms with Gasteiger partial charge in [-0.3, -0.25) is 0 Å². The van der Waals surface area contributed by atoms with Crippen LogP contribution in [0.3, 0.4) is 0 Å². The zero-order valence-corrected chi connectivity index (χ0v) is 14.7. The van der Waals surface area contributed by atoms with Crippen molar-refractivity contribution < 1.29 is 4.74 Å². The fourth-order valence-electron chi connectivity index (χ4n) is 2.31. The van der Waals surface area contributed by atoms with E-state index in [9.17, 15) is 0 Å². The molecular weight excluding hydrogens is 330 g/mol. The Morgan fingerprint density at radius 3 is 2.28 bits per heavy atom. The molecule has 5 heteroatoms. The van der Waals surface area contributed by atoms with Crippen molar-refractivity contribution in [1.29, 1.82) is 0 Å². The van der Waals surface area contributed by atoms with Gasteiger partial charge in [0.2, 0.25) is 5.88 Å². The lowest BCUT2D eigenvalue weighted by molar-refractivity contribution is 0.463. The summed E-state index contributed by atoms with van der Waals surface area (Å²) >= 11 is 5.37. The highest BCUT2D eigenvalue weighted by Crippen LogP contribution is 2.20. The Morgan fingerprint density at radius 2 is 1.64 bits per heavy atom. The van der Waals surface area contributed by atoms with Crippen LogP contribution < -0.4 is 15.4 Å². The molecule has 0 radical (unpaired) electrons. The minimum absolute atomic E-state index is 0.120. The smallest absolute Gasteiger partial charge is 0.219 e. The van der Waals surface area contributed by atoms with E-state index in [4.69, 9.17) is 17.0 Å². The summed E-state index contributed by atoms with van der Waals surface area (Å²) in [6.07, 6.45) is 1.69. The number of aromatic nitrogens is 1. The van der Waals surface area contributed by atoms with E-state index in [0.717, 1.165) is 11.4 Å². The van der Waals surface area contributed by atoms with Crippen molar-refractivity contribution in [2.24, 2.45) is 0 Å². The molecule has 1 heterocycles. The highest BCUT2D eigenvalue weighted by Gasteiger charge is 2.07. The van der Waals surface area contributed by atoms with Gasteiger partial charge < -0.3 is 15.4 Å². The normalized spacial score (nSPS) is 11.4. The molecule has 126 valence electrons. The van der Waals surface area contributed by atoms with Crippen LogP contribution in [0.4, 0.5) is 5.69 Å². The van der Waals surface area contributed by atoms with E-state index in [-0.39, 0.29) is 6.04 Å². The molecule has 0 aliphatic carbocycles. The second-order valence-corrected chi connectivity index (χ2v) is 5.94. The Morgan fingerprint density at radius 1 is 0.960 bits per heavy atom. The predicted molar refractivity (Wildman–Crippen MR) is 105 cm³/mol. The minimum Gasteiger partial charge on any atom is -0.439 e. The number of ether oxygens (including phenoxy) is 1. The number of benzene rings is 2. The first-order chi connectivity index (χ1) is 12.2. The lowest BCUT2D eigenvalue weighted by atomic mass is 10.1. The zero-order valence-electron chi connectivity index (χ0n) is 13.8. The van der Waals surface area contributed by atoms with Crippen molar-refractivity contribution in [3.8, 4) is 11.6 Å². The third kappa shape index (κ3) is 5.02. The molecule has 4 nitrogen and oxygen atoms in total. The molecule has 0 bridgehead atoms. The van der Waals surface area contributed by atoms with E-state index in [0.29, 0.717) is 11.0 Å². The molecule has 2 N–H and O–H groups in total. The van der Waals surface area contributed by atoms with Crippen molar-refractivity contribution in [2.45, 2.75) is 13.0 Å². The molecule has 25 heavy (non-hydrogen) atoms. The summed E-state index contributed by atoms with van der Waals surface area (Å²) in [4.78, 5) is 4.29. The van der Waals surface area contributed by atoms with E-state index < -0.39 is 0 Å². The summed E-state index contributed by atoms with van der Waals surface area (Å²) in [5.41, 5.74) is 1.98. The Labute approximate surface area is 152 Å². The first kappa shape index (κ1) is 16.9. The van der Waals surface area contributed by atoms with Crippen molar-refractivity contribution in [1.82, 2.24) is 10.3 Å². The van der Waals surface area contributed by atoms with Gasteiger partial charge in [-0.05, 0) is 42.9 Å². The summed E-state index contributed by atoms with van der Waals surface area (Å²) < 4.78 is 5.67. The summed E-state index contributed by atoms with van der Waals surface area (Å²) in [7, 11) is 0. The predicted octanol–water partition coefficient (Wildman–Crippen LogP) is 4.92. The van der Waals surface area contributed by atoms with Crippen LogP contribution in [-0.2, 0) is 0 Å². The second-order valence-electron chi connectivity index (χ2n) is 5.53. The fraction of sp³-hybridized carbons (Fsp3) is 0.100. The average Bonchev–Trinajstić information content (AvgIpc) is 2.65. The standard InChI is InChI=1S/C20H19N3OS/c1-15(16-8-4-2-5-9-16)22-20(25)23-17-12-13-19(21-14-17)24-18-10-6-3-7-11-18/h2-15H,1H3,(H2,22,23,25)/t15-/m1/s1. The molecule has 0 fully saturated rings. The van der Waals surface area contributed by atoms with Gasteiger partial charge in [0.05, 0.1) is 17.9 Å². The lowest BCUT2D eigenvalue weighted by Crippen LogP contribution is -2.30. The van der Waals surface area contributed by atoms with Crippen LogP contribution >= 0.6 is 12.2 Å². The number of nitrogens with one attached hydrogen (secondary N) is 2. The molecule has 0 unspecified atom stereocenters. The molecule has 0 aliphatic rings. The molecule has 0 spiro atoms. The molecule has 3 aromatic rings. The van der Waals surface area contributed by atoms with Crippen LogP contribution in [0, 0.1) is 0 Å². The maximum atomic E-state index is 5.67. The van der Waals surface area contributed by atoms with Crippen LogP contribution in [0.5, 0.6) is 11.6 Å². The van der Waals surface area contributed by atoms with Gasteiger partial charge in [-0.25, -0.2) is 4.98 Å². The first-order valence-electron chi connectivity index (χ1n) is 8.02. The highest BCUT2D eigenvalue weighted by molar-refractivity contribution is 7.80. The number of para-hydroxylation sites is 1. The van der Waals surface area contributed by atoms with Crippen molar-refractivity contribution in [3.05, 3.63) is 84.6 Å². The molecule has 3 rings (SSSR count). The maximum Gasteiger partial charge on any atom is 0.219 e. The number of hydrogen-bond acceptors (Lipinski definition) is 3. The third-order valence-electron chi connectivity index (χ3n) is 3.61. The van der Waals surface area contributed by atoms with E-state index in [1.807, 2.05) is 54.6 Å². The number of nitrogens with zero attached hydrogens (tertiary/aromatic N) is 1. The minimum atomic E-state index is 0.120. The van der Waals surface area contributed by atoms with Crippen LogP contribution in [0.25, 0.3) is 0 Å². The third-order valence-corrected chi connectivity index (χ3v) is 3.83. The van der Waals surface area contributed by atoms with Gasteiger partial charge in [0.1, 0.15) is 5.75 Å². The summed E-state index contributed by atoms with van der Waals surface area (Å²) in [5.74, 6) is 1.29. The van der Waals surface area contributed by atoms with Crippen LogP contribution in [0.2, 0.25) is 0 Å². The van der Waals surface area contributed by atoms with Gasteiger partial charge in [-0.15, -0.1) is 0 Å². The summed E-state index contributed by atoms with van der Waals surface area (Å²) in [6, 6.07) is 23.5. The quantitative estimate of drug-likeness (QED) is 0.640. The Hall–Kier alpha value is -2.92. The van der Waals surface area contributed by atoms with Crippen LogP contribution in [0.1, 0.15) is 18.5 Å². The van der Waals surface area contributed by atoms with E-state index in [2.05, 4.69) is 34.7 Å². The lowest BCUT2D eigenvalue weighted by Gasteiger charge is -2.17. The SMILES string of the molecule is C[C@@H](NC(=S)Nc1ccc(Oc2ccccc2)nc1)c1ccccc1. The van der Waals surface area contributed by atoms with Gasteiger partial charge in [0, 0.05) is 6.07 Å². The highest BCUT2D eigenvalue weighted by atomic mass is 32.1. The zero-order chi connectivity index (χ0) is 17.5. The largest absolute Gasteiger partial charge is 0.439 e. The summed E-state index contributed by atoms with van der Waals surface area (Å²) in [6.45, 7) is 2.07. The van der Waals surface area contributed by atoms with Gasteiger partial charge >= 0.3 is 0 Å². The maximum absolute atomic E-state index is 5.67. The molecule has 1 aromatic heterocycles. The van der Waals surface area contributed by atoms with E-state index in [1.54, 1.807) is 12.3 Å². The van der Waals surface area contributed by atoms with E-state index in [1.165, 1.54) is 5.56 Å². The first-order valence-corrected chi connectivity index (χ1v) is 8.43. The van der Waals surface area contributed by atoms with Crippen LogP contribution in [-0.4, -0.2) is 10.1 Å². The van der Waals surface area contributed by atoms with Gasteiger partial charge in [-0.1, -0.05) is 48.5 Å².